The van der Waals surface area contributed by atoms with Crippen molar-refractivity contribution in [2.75, 3.05) is 39.0 Å². The summed E-state index contributed by atoms with van der Waals surface area (Å²) in [6, 6.07) is 10.3. The van der Waals surface area contributed by atoms with Crippen LogP contribution in [0.2, 0.25) is 0 Å². The second kappa shape index (κ2) is 8.95. The molecule has 0 aliphatic heterocycles. The molecule has 1 aromatic carbocycles. The van der Waals surface area contributed by atoms with E-state index in [2.05, 4.69) is 32.5 Å². The number of likely N-dealkylation sites (N-methyl/N-ethyl adjacent to an activating group) is 1. The summed E-state index contributed by atoms with van der Waals surface area (Å²) in [5.41, 5.74) is 1.99. The number of H-pyrrole nitrogens is 1. The Bertz CT molecular complexity index is 568. The number of aryl methyl sites for hydroxylation is 1. The fraction of sp³-hybridized carbons (Fsp3) is 0.412. The van der Waals surface area contributed by atoms with Gasteiger partial charge in [-0.25, -0.2) is 4.79 Å². The van der Waals surface area contributed by atoms with E-state index in [9.17, 15) is 4.79 Å². The molecule has 0 aliphatic carbocycles. The number of aromatic amines is 1. The molecule has 2 aromatic rings. The summed E-state index contributed by atoms with van der Waals surface area (Å²) in [6.07, 6.45) is 5.19. The van der Waals surface area contributed by atoms with Crippen molar-refractivity contribution in [3.05, 3.63) is 48.3 Å². The lowest BCUT2D eigenvalue weighted by Gasteiger charge is -2.24. The van der Waals surface area contributed by atoms with Crippen molar-refractivity contribution < 1.29 is 4.79 Å². The normalized spacial score (nSPS) is 10.7. The Kier molecular flexibility index (Phi) is 6.62. The van der Waals surface area contributed by atoms with E-state index in [1.54, 1.807) is 12.4 Å². The first-order valence-corrected chi connectivity index (χ1v) is 7.88. The fourth-order valence-electron chi connectivity index (χ4n) is 2.28. The third kappa shape index (κ3) is 6.12. The maximum atomic E-state index is 12.4. The zero-order chi connectivity index (χ0) is 16.5. The molecule has 2 N–H and O–H groups in total. The van der Waals surface area contributed by atoms with E-state index in [1.807, 2.05) is 37.2 Å². The molecule has 124 valence electrons. The van der Waals surface area contributed by atoms with Crippen LogP contribution in [0.25, 0.3) is 0 Å². The topological polar surface area (TPSA) is 64.3 Å². The van der Waals surface area contributed by atoms with Gasteiger partial charge in [-0.2, -0.15) is 5.10 Å². The summed E-state index contributed by atoms with van der Waals surface area (Å²) in [4.78, 5) is 16.4. The fourth-order valence-corrected chi connectivity index (χ4v) is 2.28. The van der Waals surface area contributed by atoms with Crippen LogP contribution in [0.4, 0.5) is 10.5 Å². The first kappa shape index (κ1) is 17.0. The highest BCUT2D eigenvalue weighted by Crippen LogP contribution is 2.07. The van der Waals surface area contributed by atoms with Crippen LogP contribution in [0.1, 0.15) is 12.0 Å². The molecule has 23 heavy (non-hydrogen) atoms. The van der Waals surface area contributed by atoms with Gasteiger partial charge < -0.3 is 15.1 Å². The van der Waals surface area contributed by atoms with Crippen molar-refractivity contribution in [2.24, 2.45) is 0 Å². The standard InChI is InChI=1S/C17H25N5O/c1-21(2)11-12-22(17(23)20-16-13-18-19-14-16)10-6-9-15-7-4-3-5-8-15/h3-5,7-8,13-14H,6,9-12H2,1-2H3,(H,18,19)(H,20,23). The zero-order valence-corrected chi connectivity index (χ0v) is 13.8. The highest BCUT2D eigenvalue weighted by atomic mass is 16.2. The van der Waals surface area contributed by atoms with Gasteiger partial charge in [0.1, 0.15) is 0 Å². The van der Waals surface area contributed by atoms with Gasteiger partial charge in [-0.3, -0.25) is 5.10 Å². The van der Waals surface area contributed by atoms with Crippen LogP contribution in [0.15, 0.2) is 42.7 Å². The van der Waals surface area contributed by atoms with Crippen molar-refractivity contribution in [3.8, 4) is 0 Å². The molecular weight excluding hydrogens is 290 g/mol. The Labute approximate surface area is 137 Å². The second-order valence-corrected chi connectivity index (χ2v) is 5.80. The van der Waals surface area contributed by atoms with Crippen molar-refractivity contribution >= 4 is 11.7 Å². The smallest absolute Gasteiger partial charge is 0.321 e. The molecule has 0 unspecified atom stereocenters. The summed E-state index contributed by atoms with van der Waals surface area (Å²) < 4.78 is 0. The maximum Gasteiger partial charge on any atom is 0.321 e. The van der Waals surface area contributed by atoms with Crippen LogP contribution < -0.4 is 5.32 Å². The van der Waals surface area contributed by atoms with Crippen LogP contribution in [-0.2, 0) is 6.42 Å². The zero-order valence-electron chi connectivity index (χ0n) is 13.8. The van der Waals surface area contributed by atoms with Gasteiger partial charge in [-0.05, 0) is 32.5 Å². The van der Waals surface area contributed by atoms with Crippen molar-refractivity contribution in [1.82, 2.24) is 20.0 Å². The quantitative estimate of drug-likeness (QED) is 0.786. The number of aromatic nitrogens is 2. The van der Waals surface area contributed by atoms with Gasteiger partial charge in [0.2, 0.25) is 0 Å². The van der Waals surface area contributed by atoms with E-state index < -0.39 is 0 Å². The minimum atomic E-state index is -0.0821. The van der Waals surface area contributed by atoms with Crippen LogP contribution in [0.5, 0.6) is 0 Å². The van der Waals surface area contributed by atoms with E-state index >= 15 is 0 Å². The number of nitrogens with zero attached hydrogens (tertiary/aromatic N) is 3. The summed E-state index contributed by atoms with van der Waals surface area (Å²) in [5, 5.41) is 9.41. The molecule has 2 rings (SSSR count). The molecule has 0 atom stereocenters. The second-order valence-electron chi connectivity index (χ2n) is 5.80. The molecule has 0 fully saturated rings. The minimum Gasteiger partial charge on any atom is -0.323 e. The molecule has 6 heteroatoms. The average molecular weight is 315 g/mol. The number of hydrogen-bond donors (Lipinski definition) is 2. The molecule has 0 saturated heterocycles. The van der Waals surface area contributed by atoms with Crippen LogP contribution in [0.3, 0.4) is 0 Å². The van der Waals surface area contributed by atoms with Gasteiger partial charge in [-0.15, -0.1) is 0 Å². The Morgan fingerprint density at radius 1 is 1.17 bits per heavy atom. The molecule has 1 heterocycles. The van der Waals surface area contributed by atoms with Gasteiger partial charge in [-0.1, -0.05) is 30.3 Å². The molecule has 0 aliphatic rings. The first-order valence-electron chi connectivity index (χ1n) is 7.88. The maximum absolute atomic E-state index is 12.4. The van der Waals surface area contributed by atoms with E-state index in [4.69, 9.17) is 0 Å². The molecule has 1 aromatic heterocycles. The van der Waals surface area contributed by atoms with Crippen LogP contribution >= 0.6 is 0 Å². The number of nitrogens with one attached hydrogen (secondary N) is 2. The predicted molar refractivity (Wildman–Crippen MR) is 92.5 cm³/mol. The molecule has 0 bridgehead atoms. The van der Waals surface area contributed by atoms with Gasteiger partial charge >= 0.3 is 6.03 Å². The third-order valence-corrected chi connectivity index (χ3v) is 3.59. The molecular formula is C17H25N5O. The van der Waals surface area contributed by atoms with Gasteiger partial charge in [0.25, 0.3) is 0 Å². The Morgan fingerprint density at radius 2 is 1.96 bits per heavy atom. The Balaban J connectivity index is 1.86. The average Bonchev–Trinajstić information content (AvgIpc) is 3.04. The number of anilines is 1. The van der Waals surface area contributed by atoms with Gasteiger partial charge in [0, 0.05) is 25.8 Å². The highest BCUT2D eigenvalue weighted by molar-refractivity contribution is 5.88. The molecule has 0 spiro atoms. The molecule has 6 nitrogen and oxygen atoms in total. The van der Waals surface area contributed by atoms with Gasteiger partial charge in [0.05, 0.1) is 11.9 Å². The van der Waals surface area contributed by atoms with E-state index in [0.717, 1.165) is 25.9 Å². The minimum absolute atomic E-state index is 0.0821. The number of hydrogen-bond acceptors (Lipinski definition) is 3. The van der Waals surface area contributed by atoms with Crippen LogP contribution in [-0.4, -0.2) is 59.8 Å². The largest absolute Gasteiger partial charge is 0.323 e. The lowest BCUT2D eigenvalue weighted by Crippen LogP contribution is -2.40. The number of benzene rings is 1. The summed E-state index contributed by atoms with van der Waals surface area (Å²) in [6.45, 7) is 2.27. The lowest BCUT2D eigenvalue weighted by atomic mass is 10.1. The molecule has 0 radical (unpaired) electrons. The Hall–Kier alpha value is -2.34. The van der Waals surface area contributed by atoms with Gasteiger partial charge in [0.15, 0.2) is 0 Å². The predicted octanol–water partition coefficient (Wildman–Crippen LogP) is 2.44. The van der Waals surface area contributed by atoms with E-state index in [-0.39, 0.29) is 6.03 Å². The van der Waals surface area contributed by atoms with Crippen molar-refractivity contribution in [3.63, 3.8) is 0 Å². The van der Waals surface area contributed by atoms with Crippen molar-refractivity contribution in [1.29, 1.82) is 0 Å². The SMILES string of the molecule is CN(C)CCN(CCCc1ccccc1)C(=O)Nc1cn[nH]c1. The van der Waals surface area contributed by atoms with E-state index in [1.165, 1.54) is 5.56 Å². The lowest BCUT2D eigenvalue weighted by molar-refractivity contribution is 0.204. The van der Waals surface area contributed by atoms with E-state index in [0.29, 0.717) is 12.2 Å². The first-order chi connectivity index (χ1) is 11.1. The Morgan fingerprint density at radius 3 is 2.61 bits per heavy atom. The number of carbonyl (C=O) groups excluding carboxylic acids is 1. The summed E-state index contributed by atoms with van der Waals surface area (Å²) in [5.74, 6) is 0. The molecule has 2 amide bonds. The third-order valence-electron chi connectivity index (χ3n) is 3.59. The summed E-state index contributed by atoms with van der Waals surface area (Å²) in [7, 11) is 4.02. The number of rotatable bonds is 8. The monoisotopic (exact) mass is 315 g/mol. The molecule has 0 saturated carbocycles. The number of urea groups is 1. The van der Waals surface area contributed by atoms with Crippen LogP contribution in [0, 0.1) is 0 Å². The summed E-state index contributed by atoms with van der Waals surface area (Å²) >= 11 is 0. The number of amides is 2. The highest BCUT2D eigenvalue weighted by Gasteiger charge is 2.14. The van der Waals surface area contributed by atoms with Crippen molar-refractivity contribution in [2.45, 2.75) is 12.8 Å². The number of carbonyl (C=O) groups is 1.